The van der Waals surface area contributed by atoms with Gasteiger partial charge in [-0.15, -0.1) is 0 Å². The lowest BCUT2D eigenvalue weighted by Gasteiger charge is -2.16. The minimum Gasteiger partial charge on any atom is -0.439 e. The fourth-order valence-electron chi connectivity index (χ4n) is 2.40. The minimum absolute atomic E-state index is 0.815. The van der Waals surface area contributed by atoms with E-state index in [-0.39, 0.29) is 0 Å². The maximum absolute atomic E-state index is 5.82. The van der Waals surface area contributed by atoms with Crippen molar-refractivity contribution in [2.45, 2.75) is 19.9 Å². The first-order chi connectivity index (χ1) is 8.81. The summed E-state index contributed by atoms with van der Waals surface area (Å²) in [5.41, 5.74) is 3.07. The third kappa shape index (κ3) is 2.54. The fourth-order valence-corrected chi connectivity index (χ4v) is 2.40. The maximum Gasteiger partial charge on any atom is 0.209 e. The lowest BCUT2D eigenvalue weighted by molar-refractivity contribution is 0.257. The van der Waals surface area contributed by atoms with Crippen molar-refractivity contribution in [3.05, 3.63) is 29.7 Å². The largest absolute Gasteiger partial charge is 0.439 e. The van der Waals surface area contributed by atoms with Gasteiger partial charge >= 0.3 is 0 Å². The monoisotopic (exact) mass is 245 g/mol. The molecule has 0 amide bonds. The summed E-state index contributed by atoms with van der Waals surface area (Å²) >= 11 is 0. The normalized spacial score (nSPS) is 18.1. The van der Waals surface area contributed by atoms with Gasteiger partial charge < -0.3 is 9.73 Å². The Morgan fingerprint density at radius 1 is 1.33 bits per heavy atom. The molecule has 0 saturated carbocycles. The summed E-state index contributed by atoms with van der Waals surface area (Å²) in [5, 5.41) is 3.40. The smallest absolute Gasteiger partial charge is 0.209 e. The Balaban J connectivity index is 1.77. The summed E-state index contributed by atoms with van der Waals surface area (Å²) < 4.78 is 5.82. The summed E-state index contributed by atoms with van der Waals surface area (Å²) in [6.45, 7) is 7.24. The molecule has 2 aromatic rings. The second-order valence-electron chi connectivity index (χ2n) is 4.96. The molecule has 1 fully saturated rings. The average Bonchev–Trinajstić information content (AvgIpc) is 2.57. The topological polar surface area (TPSA) is 41.3 Å². The number of nitrogens with zero attached hydrogens (tertiary/aromatic N) is 2. The van der Waals surface area contributed by atoms with E-state index in [1.807, 2.05) is 6.07 Å². The van der Waals surface area contributed by atoms with Crippen LogP contribution < -0.4 is 5.32 Å². The van der Waals surface area contributed by atoms with Crippen LogP contribution in [-0.2, 0) is 6.54 Å². The van der Waals surface area contributed by atoms with E-state index in [9.17, 15) is 0 Å². The number of aromatic nitrogens is 1. The molecular formula is C14H19N3O. The van der Waals surface area contributed by atoms with Crippen molar-refractivity contribution in [1.29, 1.82) is 0 Å². The summed E-state index contributed by atoms with van der Waals surface area (Å²) in [5.74, 6) is 0.831. The van der Waals surface area contributed by atoms with Gasteiger partial charge in [0.2, 0.25) is 5.89 Å². The molecule has 0 spiro atoms. The Labute approximate surface area is 107 Å². The standard InChI is InChI=1S/C14H19N3O/c1-11-3-4-12-13(9-11)18-14(16-12)10-17-7-2-5-15-6-8-17/h3-4,9,15H,2,5-8,10H2,1H3. The number of hydrogen-bond donors (Lipinski definition) is 1. The molecule has 1 aromatic heterocycles. The average molecular weight is 245 g/mol. The van der Waals surface area contributed by atoms with Gasteiger partial charge in [-0.25, -0.2) is 4.98 Å². The zero-order chi connectivity index (χ0) is 12.4. The van der Waals surface area contributed by atoms with Crippen LogP contribution in [0.1, 0.15) is 17.9 Å². The predicted molar refractivity (Wildman–Crippen MR) is 71.5 cm³/mol. The van der Waals surface area contributed by atoms with Crippen molar-refractivity contribution in [2.75, 3.05) is 26.2 Å². The molecule has 2 heterocycles. The maximum atomic E-state index is 5.82. The Kier molecular flexibility index (Phi) is 3.30. The second kappa shape index (κ2) is 5.08. The van der Waals surface area contributed by atoms with Crippen LogP contribution in [0.4, 0.5) is 0 Å². The van der Waals surface area contributed by atoms with Gasteiger partial charge in [-0.2, -0.15) is 0 Å². The van der Waals surface area contributed by atoms with Gasteiger partial charge in [0.05, 0.1) is 6.54 Å². The van der Waals surface area contributed by atoms with Crippen LogP contribution in [0.5, 0.6) is 0 Å². The summed E-state index contributed by atoms with van der Waals surface area (Å²) in [4.78, 5) is 6.95. The highest BCUT2D eigenvalue weighted by molar-refractivity contribution is 5.73. The van der Waals surface area contributed by atoms with E-state index >= 15 is 0 Å². The van der Waals surface area contributed by atoms with Gasteiger partial charge in [0.1, 0.15) is 5.52 Å². The molecule has 0 radical (unpaired) electrons. The Bertz CT molecular complexity index is 527. The highest BCUT2D eigenvalue weighted by atomic mass is 16.3. The Morgan fingerprint density at radius 2 is 2.28 bits per heavy atom. The zero-order valence-corrected chi connectivity index (χ0v) is 10.8. The molecule has 1 aliphatic heterocycles. The number of hydrogen-bond acceptors (Lipinski definition) is 4. The van der Waals surface area contributed by atoms with Gasteiger partial charge in [0.25, 0.3) is 0 Å². The Hall–Kier alpha value is -1.39. The molecule has 96 valence electrons. The number of rotatable bonds is 2. The second-order valence-corrected chi connectivity index (χ2v) is 4.96. The highest BCUT2D eigenvalue weighted by Crippen LogP contribution is 2.18. The van der Waals surface area contributed by atoms with Gasteiger partial charge in [0, 0.05) is 13.1 Å². The van der Waals surface area contributed by atoms with Crippen molar-refractivity contribution >= 4 is 11.1 Å². The molecule has 4 nitrogen and oxygen atoms in total. The van der Waals surface area contributed by atoms with Gasteiger partial charge in [-0.1, -0.05) is 6.07 Å². The molecule has 1 aliphatic rings. The van der Waals surface area contributed by atoms with E-state index < -0.39 is 0 Å². The first-order valence-corrected chi connectivity index (χ1v) is 6.60. The molecule has 1 saturated heterocycles. The first kappa shape index (κ1) is 11.7. The van der Waals surface area contributed by atoms with Crippen LogP contribution in [0.2, 0.25) is 0 Å². The van der Waals surface area contributed by atoms with Crippen LogP contribution in [-0.4, -0.2) is 36.1 Å². The SMILES string of the molecule is Cc1ccc2nc(CN3CCCNCC3)oc2c1. The van der Waals surface area contributed by atoms with Crippen LogP contribution in [0.3, 0.4) is 0 Å². The number of oxazole rings is 1. The fraction of sp³-hybridized carbons (Fsp3) is 0.500. The lowest BCUT2D eigenvalue weighted by Crippen LogP contribution is -2.27. The van der Waals surface area contributed by atoms with Crippen molar-refractivity contribution < 1.29 is 4.42 Å². The zero-order valence-electron chi connectivity index (χ0n) is 10.8. The van der Waals surface area contributed by atoms with Crippen LogP contribution in [0.25, 0.3) is 11.1 Å². The molecule has 0 atom stereocenters. The molecule has 18 heavy (non-hydrogen) atoms. The number of benzene rings is 1. The minimum atomic E-state index is 0.815. The van der Waals surface area contributed by atoms with E-state index in [4.69, 9.17) is 4.42 Å². The molecule has 1 aromatic carbocycles. The first-order valence-electron chi connectivity index (χ1n) is 6.60. The molecule has 1 N–H and O–H groups in total. The quantitative estimate of drug-likeness (QED) is 0.878. The number of aryl methyl sites for hydroxylation is 1. The van der Waals surface area contributed by atoms with E-state index in [2.05, 4.69) is 34.3 Å². The summed E-state index contributed by atoms with van der Waals surface area (Å²) in [7, 11) is 0. The molecule has 4 heteroatoms. The van der Waals surface area contributed by atoms with E-state index in [1.54, 1.807) is 0 Å². The van der Waals surface area contributed by atoms with E-state index in [1.165, 1.54) is 12.0 Å². The summed E-state index contributed by atoms with van der Waals surface area (Å²) in [6.07, 6.45) is 1.19. The van der Waals surface area contributed by atoms with Crippen LogP contribution in [0, 0.1) is 6.92 Å². The third-order valence-electron chi connectivity index (χ3n) is 3.38. The van der Waals surface area contributed by atoms with Crippen molar-refractivity contribution in [3.63, 3.8) is 0 Å². The number of fused-ring (bicyclic) bond motifs is 1. The van der Waals surface area contributed by atoms with E-state index in [0.29, 0.717) is 0 Å². The molecule has 0 bridgehead atoms. The van der Waals surface area contributed by atoms with Crippen molar-refractivity contribution in [2.24, 2.45) is 0 Å². The van der Waals surface area contributed by atoms with Crippen molar-refractivity contribution in [3.8, 4) is 0 Å². The van der Waals surface area contributed by atoms with Gasteiger partial charge in [0.15, 0.2) is 5.58 Å². The lowest BCUT2D eigenvalue weighted by atomic mass is 10.2. The van der Waals surface area contributed by atoms with Crippen molar-refractivity contribution in [1.82, 2.24) is 15.2 Å². The molecular weight excluding hydrogens is 226 g/mol. The highest BCUT2D eigenvalue weighted by Gasteiger charge is 2.13. The number of nitrogens with one attached hydrogen (secondary N) is 1. The van der Waals surface area contributed by atoms with Crippen LogP contribution in [0.15, 0.2) is 22.6 Å². The van der Waals surface area contributed by atoms with Gasteiger partial charge in [-0.3, -0.25) is 4.90 Å². The molecule has 0 unspecified atom stereocenters. The molecule has 0 aliphatic carbocycles. The third-order valence-corrected chi connectivity index (χ3v) is 3.38. The van der Waals surface area contributed by atoms with Crippen LogP contribution >= 0.6 is 0 Å². The summed E-state index contributed by atoms with van der Waals surface area (Å²) in [6, 6.07) is 6.15. The Morgan fingerprint density at radius 3 is 3.22 bits per heavy atom. The predicted octanol–water partition coefficient (Wildman–Crippen LogP) is 1.93. The molecule has 3 rings (SSSR count). The van der Waals surface area contributed by atoms with Gasteiger partial charge in [-0.05, 0) is 44.1 Å². The van der Waals surface area contributed by atoms with E-state index in [0.717, 1.165) is 49.7 Å².